The van der Waals surface area contributed by atoms with Crippen molar-refractivity contribution in [3.8, 4) is 22.6 Å². The van der Waals surface area contributed by atoms with E-state index in [4.69, 9.17) is 18.9 Å². The van der Waals surface area contributed by atoms with Crippen molar-refractivity contribution in [2.75, 3.05) is 44.4 Å². The molecule has 0 N–H and O–H groups in total. The number of rotatable bonds is 14. The van der Waals surface area contributed by atoms with Gasteiger partial charge in [0.1, 0.15) is 30.5 Å². The highest BCUT2D eigenvalue weighted by Crippen LogP contribution is 2.64. The van der Waals surface area contributed by atoms with Crippen LogP contribution in [0.5, 0.6) is 11.5 Å². The van der Waals surface area contributed by atoms with E-state index in [1.165, 1.54) is 86.9 Å². The van der Waals surface area contributed by atoms with Crippen LogP contribution < -0.4 is 14.4 Å². The second-order valence-corrected chi connectivity index (χ2v) is 20.1. The summed E-state index contributed by atoms with van der Waals surface area (Å²) in [5, 5.41) is 2.36. The second kappa shape index (κ2) is 18.7. The van der Waals surface area contributed by atoms with E-state index in [1.54, 1.807) is 0 Å². The average molecular weight is 912 g/mol. The van der Waals surface area contributed by atoms with Crippen LogP contribution >= 0.6 is 11.8 Å². The Hall–Kier alpha value is -5.83. The summed E-state index contributed by atoms with van der Waals surface area (Å²) in [6.07, 6.45) is 12.0. The zero-order valence-electron chi connectivity index (χ0n) is 39.3. The van der Waals surface area contributed by atoms with Crippen molar-refractivity contribution < 1.29 is 28.5 Å². The van der Waals surface area contributed by atoms with Crippen molar-refractivity contribution in [2.45, 2.75) is 99.9 Å². The normalized spacial score (nSPS) is 18.8. The van der Waals surface area contributed by atoms with Gasteiger partial charge in [0.15, 0.2) is 5.60 Å². The maximum absolute atomic E-state index is 12.1. The van der Waals surface area contributed by atoms with Gasteiger partial charge in [-0.05, 0) is 133 Å². The van der Waals surface area contributed by atoms with Gasteiger partial charge in [0.25, 0.3) is 0 Å². The van der Waals surface area contributed by atoms with Crippen LogP contribution in [0.15, 0.2) is 131 Å². The standard InChI is InChI=1S/C59H61NO6S/c1-5-57(6-2)28-30-58(31-29-57)51-15-11-10-14-47(51)54-49-39-52(67-46-12-8-7-9-13-46)40(3)38-50(49)56-48(55(54)58)26-27-59(66-56,42-17-21-44(22-18-42)60-32-34-63-35-33-60)43-19-23-45(24-20-43)64-36-37-65-53(62)25-16-41(4)61/h7-15,17-24,26-27,38-39H,5-6,16,25,28-37H2,1-4H3. The third kappa shape index (κ3) is 8.35. The van der Waals surface area contributed by atoms with Crippen molar-refractivity contribution in [3.05, 3.63) is 155 Å². The van der Waals surface area contributed by atoms with E-state index in [0.717, 1.165) is 61.4 Å². The quantitative estimate of drug-likeness (QED) is 0.0790. The molecule has 0 radical (unpaired) electrons. The van der Waals surface area contributed by atoms with Crippen LogP contribution in [0.1, 0.15) is 106 Å². The second-order valence-electron chi connectivity index (χ2n) is 19.0. The number of carbonyl (C=O) groups excluding carboxylic acids is 2. The lowest BCUT2D eigenvalue weighted by Crippen LogP contribution is -2.38. The lowest BCUT2D eigenvalue weighted by Gasteiger charge is -2.47. The molecule has 2 aliphatic carbocycles. The van der Waals surface area contributed by atoms with Crippen LogP contribution in [0.2, 0.25) is 0 Å². The summed E-state index contributed by atoms with van der Waals surface area (Å²) >= 11 is 1.83. The smallest absolute Gasteiger partial charge is 0.306 e. The van der Waals surface area contributed by atoms with E-state index < -0.39 is 11.6 Å². The summed E-state index contributed by atoms with van der Waals surface area (Å²) in [6.45, 7) is 11.9. The van der Waals surface area contributed by atoms with E-state index in [9.17, 15) is 9.59 Å². The molecular weight excluding hydrogens is 851 g/mol. The minimum atomic E-state index is -0.974. The average Bonchev–Trinajstić information content (AvgIpc) is 3.65. The Morgan fingerprint density at radius 3 is 2.15 bits per heavy atom. The van der Waals surface area contributed by atoms with Gasteiger partial charge >= 0.3 is 5.97 Å². The number of hydrogen-bond donors (Lipinski definition) is 0. The number of fused-ring (bicyclic) bond motifs is 10. The van der Waals surface area contributed by atoms with Crippen LogP contribution in [0, 0.1) is 12.3 Å². The molecule has 0 amide bonds. The van der Waals surface area contributed by atoms with Gasteiger partial charge in [0, 0.05) is 62.5 Å². The van der Waals surface area contributed by atoms with E-state index in [2.05, 4.69) is 141 Å². The van der Waals surface area contributed by atoms with Crippen molar-refractivity contribution >= 4 is 46.1 Å². The third-order valence-corrected chi connectivity index (χ3v) is 16.6. The number of aryl methyl sites for hydroxylation is 1. The topological polar surface area (TPSA) is 74.3 Å². The largest absolute Gasteiger partial charge is 0.490 e. The molecule has 6 aromatic rings. The first-order valence-corrected chi connectivity index (χ1v) is 25.1. The van der Waals surface area contributed by atoms with Crippen molar-refractivity contribution in [1.29, 1.82) is 0 Å². The monoisotopic (exact) mass is 911 g/mol. The molecule has 10 rings (SSSR count). The molecule has 1 saturated heterocycles. The summed E-state index contributed by atoms with van der Waals surface area (Å²) in [5.74, 6) is 1.16. The van der Waals surface area contributed by atoms with Gasteiger partial charge in [-0.2, -0.15) is 0 Å². The number of benzene rings is 6. The summed E-state index contributed by atoms with van der Waals surface area (Å²) in [4.78, 5) is 28.3. The fraction of sp³-hybridized carbons (Fsp3) is 0.356. The Bertz CT molecular complexity index is 2810. The van der Waals surface area contributed by atoms with Crippen LogP contribution in [0.25, 0.3) is 28.0 Å². The van der Waals surface area contributed by atoms with Gasteiger partial charge in [0.05, 0.1) is 19.6 Å². The number of esters is 1. The van der Waals surface area contributed by atoms with Gasteiger partial charge in [-0.3, -0.25) is 4.79 Å². The molecule has 4 aliphatic rings. The maximum atomic E-state index is 12.1. The zero-order chi connectivity index (χ0) is 46.2. The Balaban J connectivity index is 1.11. The van der Waals surface area contributed by atoms with Crippen LogP contribution in [0.3, 0.4) is 0 Å². The molecule has 1 spiro atoms. The van der Waals surface area contributed by atoms with E-state index >= 15 is 0 Å². The molecule has 1 saturated carbocycles. The molecule has 0 aromatic heterocycles. The molecule has 2 fully saturated rings. The van der Waals surface area contributed by atoms with Gasteiger partial charge in [0.2, 0.25) is 0 Å². The first-order valence-electron chi connectivity index (χ1n) is 24.3. The lowest BCUT2D eigenvalue weighted by atomic mass is 9.58. The number of hydrogen-bond acceptors (Lipinski definition) is 8. The number of Topliss-reactive ketones (excluding diaryl/α,β-unsaturated/α-hetero) is 1. The highest BCUT2D eigenvalue weighted by atomic mass is 32.2. The van der Waals surface area contributed by atoms with E-state index in [0.29, 0.717) is 11.2 Å². The minimum Gasteiger partial charge on any atom is -0.490 e. The van der Waals surface area contributed by atoms with E-state index in [1.807, 2.05) is 23.9 Å². The Kier molecular flexibility index (Phi) is 12.5. The number of ether oxygens (including phenoxy) is 4. The summed E-state index contributed by atoms with van der Waals surface area (Å²) in [7, 11) is 0. The number of ketones is 1. The van der Waals surface area contributed by atoms with Crippen molar-refractivity contribution in [3.63, 3.8) is 0 Å². The number of anilines is 1. The highest BCUT2D eigenvalue weighted by Gasteiger charge is 2.51. The van der Waals surface area contributed by atoms with Gasteiger partial charge in [-0.25, -0.2) is 0 Å². The molecule has 0 bridgehead atoms. The Labute approximate surface area is 399 Å². The molecule has 2 aliphatic heterocycles. The SMILES string of the molecule is CCC1(CC)CCC2(CC1)c1ccccc1-c1c2c2c(c3cc(C)c(Sc4ccccc4)cc13)OC(c1ccc(OCCOC(=O)CCC(C)=O)cc1)(c1ccc(N3CCOCC3)cc1)C=C2. The van der Waals surface area contributed by atoms with E-state index in [-0.39, 0.29) is 37.3 Å². The summed E-state index contributed by atoms with van der Waals surface area (Å²) in [5.41, 5.74) is 10.4. The first kappa shape index (κ1) is 45.0. The highest BCUT2D eigenvalue weighted by molar-refractivity contribution is 7.99. The number of nitrogens with zero attached hydrogens (tertiary/aromatic N) is 1. The Morgan fingerprint density at radius 1 is 0.761 bits per heavy atom. The van der Waals surface area contributed by atoms with Gasteiger partial charge < -0.3 is 28.6 Å². The molecule has 8 heteroatoms. The van der Waals surface area contributed by atoms with Gasteiger partial charge in [-0.1, -0.05) is 111 Å². The van der Waals surface area contributed by atoms with Crippen molar-refractivity contribution in [1.82, 2.24) is 0 Å². The molecule has 7 nitrogen and oxygen atoms in total. The summed E-state index contributed by atoms with van der Waals surface area (Å²) in [6, 6.07) is 41.9. The summed E-state index contributed by atoms with van der Waals surface area (Å²) < 4.78 is 25.0. The lowest BCUT2D eigenvalue weighted by molar-refractivity contribution is -0.145. The molecule has 6 aromatic carbocycles. The minimum absolute atomic E-state index is 0.0348. The van der Waals surface area contributed by atoms with Crippen LogP contribution in [-0.2, 0) is 30.1 Å². The zero-order valence-corrected chi connectivity index (χ0v) is 40.1. The number of morpholine rings is 1. The number of carbonyl (C=O) groups is 2. The Morgan fingerprint density at radius 2 is 1.45 bits per heavy atom. The molecule has 1 unspecified atom stereocenters. The maximum Gasteiger partial charge on any atom is 0.306 e. The third-order valence-electron chi connectivity index (χ3n) is 15.4. The molecule has 1 atom stereocenters. The van der Waals surface area contributed by atoms with Crippen molar-refractivity contribution in [2.24, 2.45) is 5.41 Å². The van der Waals surface area contributed by atoms with Crippen LogP contribution in [0.4, 0.5) is 5.69 Å². The molecule has 2 heterocycles. The predicted octanol–water partition coefficient (Wildman–Crippen LogP) is 13.4. The molecule has 67 heavy (non-hydrogen) atoms. The first-order chi connectivity index (χ1) is 32.7. The molecule has 344 valence electrons. The fourth-order valence-electron chi connectivity index (χ4n) is 11.4. The molecular formula is C59H61NO6S. The van der Waals surface area contributed by atoms with Crippen LogP contribution in [-0.4, -0.2) is 51.3 Å². The fourth-order valence-corrected chi connectivity index (χ4v) is 12.3. The van der Waals surface area contributed by atoms with Gasteiger partial charge in [-0.15, -0.1) is 0 Å². The predicted molar refractivity (Wildman–Crippen MR) is 270 cm³/mol.